The molecule has 1 saturated heterocycles. The summed E-state index contributed by atoms with van der Waals surface area (Å²) in [7, 11) is 0. The quantitative estimate of drug-likeness (QED) is 0.807. The maximum atomic E-state index is 13.1. The van der Waals surface area contributed by atoms with Gasteiger partial charge in [0.15, 0.2) is 5.82 Å². The van der Waals surface area contributed by atoms with Gasteiger partial charge in [0.2, 0.25) is 6.41 Å². The van der Waals surface area contributed by atoms with Crippen molar-refractivity contribution in [2.75, 3.05) is 31.5 Å². The third kappa shape index (κ3) is 4.13. The number of aromatic nitrogens is 2. The largest absolute Gasteiger partial charge is 0.367 e. The Morgan fingerprint density at radius 1 is 1.04 bits per heavy atom. The average molecular weight is 379 g/mol. The molecule has 0 unspecified atom stereocenters. The third-order valence-corrected chi connectivity index (χ3v) is 5.43. The first-order valence-corrected chi connectivity index (χ1v) is 9.92. The van der Waals surface area contributed by atoms with Crippen molar-refractivity contribution in [1.29, 1.82) is 0 Å². The van der Waals surface area contributed by atoms with Crippen LogP contribution in [0.1, 0.15) is 36.2 Å². The van der Waals surface area contributed by atoms with E-state index in [1.165, 1.54) is 12.8 Å². The molecular formula is C21H25N5O2. The molecule has 2 fully saturated rings. The molecule has 0 spiro atoms. The highest BCUT2D eigenvalue weighted by Gasteiger charge is 2.24. The first-order chi connectivity index (χ1) is 13.7. The summed E-state index contributed by atoms with van der Waals surface area (Å²) in [6, 6.07) is 11.9. The molecule has 1 aromatic heterocycles. The lowest BCUT2D eigenvalue weighted by atomic mass is 10.2. The number of benzene rings is 1. The van der Waals surface area contributed by atoms with E-state index in [9.17, 15) is 9.59 Å². The van der Waals surface area contributed by atoms with Crippen LogP contribution in [0.25, 0.3) is 11.4 Å². The summed E-state index contributed by atoms with van der Waals surface area (Å²) in [5.41, 5.74) is 1.28. The molecule has 146 valence electrons. The summed E-state index contributed by atoms with van der Waals surface area (Å²) >= 11 is 0. The maximum Gasteiger partial charge on any atom is 0.272 e. The minimum Gasteiger partial charge on any atom is -0.367 e. The summed E-state index contributed by atoms with van der Waals surface area (Å²) in [6.45, 7) is 2.15. The molecule has 0 atom stereocenters. The Kier molecular flexibility index (Phi) is 5.50. The van der Waals surface area contributed by atoms with E-state index in [1.54, 1.807) is 15.9 Å². The summed E-state index contributed by atoms with van der Waals surface area (Å²) in [5, 5.41) is 3.49. The fourth-order valence-corrected chi connectivity index (χ4v) is 3.82. The number of carbonyl (C=O) groups is 2. The van der Waals surface area contributed by atoms with Crippen LogP contribution in [-0.2, 0) is 4.79 Å². The second-order valence-electron chi connectivity index (χ2n) is 7.39. The number of hydrogen-bond acceptors (Lipinski definition) is 5. The van der Waals surface area contributed by atoms with Gasteiger partial charge in [-0.25, -0.2) is 9.97 Å². The zero-order valence-electron chi connectivity index (χ0n) is 15.9. The molecule has 2 heterocycles. The van der Waals surface area contributed by atoms with E-state index < -0.39 is 0 Å². The van der Waals surface area contributed by atoms with Crippen LogP contribution in [0.5, 0.6) is 0 Å². The number of piperazine rings is 1. The number of hydrogen-bond donors (Lipinski definition) is 1. The lowest BCUT2D eigenvalue weighted by Crippen LogP contribution is -2.48. The van der Waals surface area contributed by atoms with Gasteiger partial charge in [-0.2, -0.15) is 0 Å². The van der Waals surface area contributed by atoms with Gasteiger partial charge in [0.1, 0.15) is 11.5 Å². The molecule has 1 saturated carbocycles. The highest BCUT2D eigenvalue weighted by Crippen LogP contribution is 2.24. The van der Waals surface area contributed by atoms with Crippen LogP contribution in [0.15, 0.2) is 36.4 Å². The molecule has 0 bridgehead atoms. The van der Waals surface area contributed by atoms with Crippen molar-refractivity contribution in [3.05, 3.63) is 42.1 Å². The van der Waals surface area contributed by atoms with Crippen LogP contribution in [0.3, 0.4) is 0 Å². The monoisotopic (exact) mass is 379 g/mol. The van der Waals surface area contributed by atoms with Gasteiger partial charge in [-0.1, -0.05) is 43.2 Å². The zero-order chi connectivity index (χ0) is 19.3. The van der Waals surface area contributed by atoms with Crippen LogP contribution in [0.4, 0.5) is 5.82 Å². The van der Waals surface area contributed by atoms with E-state index in [1.807, 2.05) is 30.3 Å². The van der Waals surface area contributed by atoms with E-state index in [0.717, 1.165) is 24.8 Å². The van der Waals surface area contributed by atoms with Crippen molar-refractivity contribution in [3.63, 3.8) is 0 Å². The van der Waals surface area contributed by atoms with Crippen LogP contribution < -0.4 is 5.32 Å². The molecule has 7 heteroatoms. The molecule has 2 aromatic rings. The van der Waals surface area contributed by atoms with Gasteiger partial charge in [0.05, 0.1) is 0 Å². The Balaban J connectivity index is 1.61. The van der Waals surface area contributed by atoms with E-state index in [-0.39, 0.29) is 5.91 Å². The molecule has 7 nitrogen and oxygen atoms in total. The zero-order valence-corrected chi connectivity index (χ0v) is 15.9. The van der Waals surface area contributed by atoms with Gasteiger partial charge >= 0.3 is 0 Å². The Morgan fingerprint density at radius 3 is 2.43 bits per heavy atom. The predicted octanol–water partition coefficient (Wildman–Crippen LogP) is 2.41. The highest BCUT2D eigenvalue weighted by atomic mass is 16.2. The average Bonchev–Trinajstić information content (AvgIpc) is 3.26. The van der Waals surface area contributed by atoms with E-state index >= 15 is 0 Å². The van der Waals surface area contributed by atoms with Crippen molar-refractivity contribution in [2.45, 2.75) is 31.7 Å². The molecular weight excluding hydrogens is 354 g/mol. The molecule has 2 aliphatic rings. The van der Waals surface area contributed by atoms with Gasteiger partial charge < -0.3 is 15.1 Å². The van der Waals surface area contributed by atoms with E-state index in [2.05, 4.69) is 15.3 Å². The van der Waals surface area contributed by atoms with Gasteiger partial charge in [-0.3, -0.25) is 9.59 Å². The fourth-order valence-electron chi connectivity index (χ4n) is 3.82. The summed E-state index contributed by atoms with van der Waals surface area (Å²) in [4.78, 5) is 36.7. The predicted molar refractivity (Wildman–Crippen MR) is 107 cm³/mol. The van der Waals surface area contributed by atoms with E-state index in [0.29, 0.717) is 49.6 Å². The molecule has 2 amide bonds. The van der Waals surface area contributed by atoms with Crippen molar-refractivity contribution >= 4 is 18.1 Å². The van der Waals surface area contributed by atoms with Crippen molar-refractivity contribution in [1.82, 2.24) is 19.8 Å². The van der Waals surface area contributed by atoms with Crippen LogP contribution >= 0.6 is 0 Å². The van der Waals surface area contributed by atoms with Crippen molar-refractivity contribution in [3.8, 4) is 11.4 Å². The molecule has 1 N–H and O–H groups in total. The molecule has 1 aliphatic carbocycles. The Hall–Kier alpha value is -2.96. The maximum absolute atomic E-state index is 13.1. The van der Waals surface area contributed by atoms with Crippen LogP contribution in [-0.4, -0.2) is 64.3 Å². The fraction of sp³-hybridized carbons (Fsp3) is 0.429. The number of rotatable bonds is 5. The lowest BCUT2D eigenvalue weighted by Gasteiger charge is -2.32. The number of nitrogens with one attached hydrogen (secondary N) is 1. The summed E-state index contributed by atoms with van der Waals surface area (Å²) in [6.07, 6.45) is 5.54. The minimum atomic E-state index is -0.111. The summed E-state index contributed by atoms with van der Waals surface area (Å²) < 4.78 is 0. The molecule has 1 aliphatic heterocycles. The normalized spacial score (nSPS) is 17.6. The molecule has 0 radical (unpaired) electrons. The lowest BCUT2D eigenvalue weighted by molar-refractivity contribution is -0.119. The number of amides is 2. The van der Waals surface area contributed by atoms with Gasteiger partial charge in [0, 0.05) is 43.9 Å². The Morgan fingerprint density at radius 2 is 1.75 bits per heavy atom. The standard InChI is InChI=1S/C21H25N5O2/c27-15-25-10-12-26(13-11-25)21(28)18-14-19(22-17-8-4-5-9-17)24-20(23-18)16-6-2-1-3-7-16/h1-3,6-7,14-15,17H,4-5,8-13H2,(H,22,23,24). The summed E-state index contributed by atoms with van der Waals surface area (Å²) in [5.74, 6) is 1.15. The first kappa shape index (κ1) is 18.4. The first-order valence-electron chi connectivity index (χ1n) is 9.92. The second-order valence-corrected chi connectivity index (χ2v) is 7.39. The molecule has 1 aromatic carbocycles. The van der Waals surface area contributed by atoms with E-state index in [4.69, 9.17) is 0 Å². The topological polar surface area (TPSA) is 78.4 Å². The Labute approximate surface area is 164 Å². The molecule has 4 rings (SSSR count). The number of anilines is 1. The Bertz CT molecular complexity index is 828. The van der Waals surface area contributed by atoms with Gasteiger partial charge in [-0.05, 0) is 12.8 Å². The smallest absolute Gasteiger partial charge is 0.272 e. The minimum absolute atomic E-state index is 0.111. The number of nitrogens with zero attached hydrogens (tertiary/aromatic N) is 4. The van der Waals surface area contributed by atoms with Crippen molar-refractivity contribution in [2.24, 2.45) is 0 Å². The van der Waals surface area contributed by atoms with Gasteiger partial charge in [-0.15, -0.1) is 0 Å². The van der Waals surface area contributed by atoms with Crippen LogP contribution in [0, 0.1) is 0 Å². The van der Waals surface area contributed by atoms with Crippen molar-refractivity contribution < 1.29 is 9.59 Å². The number of carbonyl (C=O) groups excluding carboxylic acids is 2. The molecule has 28 heavy (non-hydrogen) atoms. The third-order valence-electron chi connectivity index (χ3n) is 5.43. The van der Waals surface area contributed by atoms with Crippen LogP contribution in [0.2, 0.25) is 0 Å². The highest BCUT2D eigenvalue weighted by molar-refractivity contribution is 5.93. The SMILES string of the molecule is O=CN1CCN(C(=O)c2cc(NC3CCCC3)nc(-c3ccccc3)n2)CC1. The second kappa shape index (κ2) is 8.37. The van der Waals surface area contributed by atoms with Gasteiger partial charge in [0.25, 0.3) is 5.91 Å².